The molecule has 1 heteroatoms. The summed E-state index contributed by atoms with van der Waals surface area (Å²) in [6, 6.07) is 0. The van der Waals surface area contributed by atoms with Crippen molar-refractivity contribution in [2.24, 2.45) is 5.92 Å². The van der Waals surface area contributed by atoms with Gasteiger partial charge >= 0.3 is 0 Å². The van der Waals surface area contributed by atoms with Gasteiger partial charge in [-0.1, -0.05) is 31.4 Å². The minimum absolute atomic E-state index is 0.488. The van der Waals surface area contributed by atoms with Crippen molar-refractivity contribution < 1.29 is 5.11 Å². The number of hydrogen-bond donors (Lipinski definition) is 1. The Morgan fingerprint density at radius 2 is 1.83 bits per heavy atom. The van der Waals surface area contributed by atoms with E-state index in [0.29, 0.717) is 5.92 Å². The number of allylic oxidation sites excluding steroid dienone is 1. The molecule has 0 heterocycles. The third-order valence-electron chi connectivity index (χ3n) is 2.94. The van der Waals surface area contributed by atoms with Gasteiger partial charge in [0, 0.05) is 0 Å². The van der Waals surface area contributed by atoms with Gasteiger partial charge in [-0.15, -0.1) is 0 Å². The van der Waals surface area contributed by atoms with Crippen molar-refractivity contribution in [3.05, 3.63) is 12.2 Å². The Bertz CT molecular complexity index is 152. The molecule has 0 radical (unpaired) electrons. The highest BCUT2D eigenvalue weighted by Crippen LogP contribution is 2.33. The first kappa shape index (κ1) is 9.79. The van der Waals surface area contributed by atoms with Crippen LogP contribution in [0, 0.1) is 5.92 Å². The Morgan fingerprint density at radius 3 is 2.33 bits per heavy atom. The minimum Gasteiger partial charge on any atom is -0.386 e. The van der Waals surface area contributed by atoms with Crippen molar-refractivity contribution in [2.75, 3.05) is 0 Å². The van der Waals surface area contributed by atoms with Gasteiger partial charge in [0.1, 0.15) is 0 Å². The van der Waals surface area contributed by atoms with Gasteiger partial charge in [0.15, 0.2) is 0 Å². The third-order valence-corrected chi connectivity index (χ3v) is 2.94. The predicted molar refractivity (Wildman–Crippen MR) is 52.0 cm³/mol. The summed E-state index contributed by atoms with van der Waals surface area (Å²) in [6.45, 7) is 3.90. The number of hydrogen-bond acceptors (Lipinski definition) is 1. The fourth-order valence-electron chi connectivity index (χ4n) is 2.16. The van der Waals surface area contributed by atoms with Crippen molar-refractivity contribution in [1.29, 1.82) is 0 Å². The first-order valence-corrected chi connectivity index (χ1v) is 5.03. The molecule has 0 spiro atoms. The van der Waals surface area contributed by atoms with Crippen LogP contribution in [-0.2, 0) is 0 Å². The van der Waals surface area contributed by atoms with Gasteiger partial charge < -0.3 is 5.11 Å². The molecule has 1 saturated carbocycles. The maximum absolute atomic E-state index is 10.1. The summed E-state index contributed by atoms with van der Waals surface area (Å²) in [6.07, 6.45) is 10.2. The second-order valence-electron chi connectivity index (χ2n) is 4.06. The first-order chi connectivity index (χ1) is 5.67. The summed E-state index contributed by atoms with van der Waals surface area (Å²) in [5.41, 5.74) is -0.560. The second kappa shape index (κ2) is 4.08. The van der Waals surface area contributed by atoms with Crippen LogP contribution in [0.5, 0.6) is 0 Å². The Morgan fingerprint density at radius 1 is 1.25 bits per heavy atom. The SMILES string of the molecule is CC=C[C@@](C)(O)C1CCCCC1. The van der Waals surface area contributed by atoms with E-state index in [9.17, 15) is 5.11 Å². The van der Waals surface area contributed by atoms with Crippen LogP contribution in [0.3, 0.4) is 0 Å². The minimum atomic E-state index is -0.560. The van der Waals surface area contributed by atoms with Crippen molar-refractivity contribution >= 4 is 0 Å². The van der Waals surface area contributed by atoms with Crippen LogP contribution in [0.4, 0.5) is 0 Å². The summed E-state index contributed by atoms with van der Waals surface area (Å²) >= 11 is 0. The zero-order valence-electron chi connectivity index (χ0n) is 8.21. The van der Waals surface area contributed by atoms with Gasteiger partial charge in [0.05, 0.1) is 5.60 Å². The lowest BCUT2D eigenvalue weighted by molar-refractivity contribution is 0.0277. The Balaban J connectivity index is 2.53. The monoisotopic (exact) mass is 168 g/mol. The van der Waals surface area contributed by atoms with Crippen LogP contribution in [0.15, 0.2) is 12.2 Å². The molecule has 1 N–H and O–H groups in total. The molecule has 1 aliphatic rings. The Labute approximate surface area is 75.5 Å². The predicted octanol–water partition coefficient (Wildman–Crippen LogP) is 2.89. The smallest absolute Gasteiger partial charge is 0.0827 e. The highest BCUT2D eigenvalue weighted by atomic mass is 16.3. The molecule has 0 aromatic carbocycles. The van der Waals surface area contributed by atoms with Crippen LogP contribution in [0.2, 0.25) is 0 Å². The van der Waals surface area contributed by atoms with Gasteiger partial charge in [-0.3, -0.25) is 0 Å². The van der Waals surface area contributed by atoms with Gasteiger partial charge in [-0.05, 0) is 32.6 Å². The van der Waals surface area contributed by atoms with Crippen LogP contribution in [0.1, 0.15) is 46.0 Å². The maximum Gasteiger partial charge on any atom is 0.0827 e. The fraction of sp³-hybridized carbons (Fsp3) is 0.818. The third kappa shape index (κ3) is 2.34. The molecule has 0 aromatic heterocycles. The van der Waals surface area contributed by atoms with E-state index in [4.69, 9.17) is 0 Å². The zero-order chi connectivity index (χ0) is 9.03. The van der Waals surface area contributed by atoms with Gasteiger partial charge in [-0.25, -0.2) is 0 Å². The van der Waals surface area contributed by atoms with Crippen molar-refractivity contribution in [2.45, 2.75) is 51.6 Å². The quantitative estimate of drug-likeness (QED) is 0.629. The van der Waals surface area contributed by atoms with E-state index in [1.807, 2.05) is 26.0 Å². The average molecular weight is 168 g/mol. The molecule has 0 bridgehead atoms. The van der Waals surface area contributed by atoms with E-state index in [1.165, 1.54) is 32.1 Å². The normalized spacial score (nSPS) is 25.9. The van der Waals surface area contributed by atoms with Crippen molar-refractivity contribution in [3.8, 4) is 0 Å². The lowest BCUT2D eigenvalue weighted by Crippen LogP contribution is -2.33. The molecule has 12 heavy (non-hydrogen) atoms. The molecule has 1 atom stereocenters. The molecular weight excluding hydrogens is 148 g/mol. The highest BCUT2D eigenvalue weighted by molar-refractivity contribution is 5.01. The van der Waals surface area contributed by atoms with E-state index < -0.39 is 5.60 Å². The lowest BCUT2D eigenvalue weighted by atomic mass is 9.78. The van der Waals surface area contributed by atoms with E-state index in [2.05, 4.69) is 0 Å². The topological polar surface area (TPSA) is 20.2 Å². The number of aliphatic hydroxyl groups is 1. The summed E-state index contributed by atoms with van der Waals surface area (Å²) in [4.78, 5) is 0. The standard InChI is InChI=1S/C11H20O/c1-3-9-11(2,12)10-7-5-4-6-8-10/h3,9-10,12H,4-8H2,1-2H3/t11-/m1/s1. The average Bonchev–Trinajstić information content (AvgIpc) is 2.06. The Kier molecular flexibility index (Phi) is 3.33. The molecule has 1 aliphatic carbocycles. The van der Waals surface area contributed by atoms with Crippen LogP contribution < -0.4 is 0 Å². The first-order valence-electron chi connectivity index (χ1n) is 5.03. The molecular formula is C11H20O. The van der Waals surface area contributed by atoms with E-state index in [-0.39, 0.29) is 0 Å². The van der Waals surface area contributed by atoms with Crippen LogP contribution >= 0.6 is 0 Å². The summed E-state index contributed by atoms with van der Waals surface area (Å²) in [7, 11) is 0. The fourth-order valence-corrected chi connectivity index (χ4v) is 2.16. The second-order valence-corrected chi connectivity index (χ2v) is 4.06. The van der Waals surface area contributed by atoms with Crippen LogP contribution in [0.25, 0.3) is 0 Å². The zero-order valence-corrected chi connectivity index (χ0v) is 8.21. The molecule has 1 fully saturated rings. The maximum atomic E-state index is 10.1. The molecule has 0 saturated heterocycles. The summed E-state index contributed by atoms with van der Waals surface area (Å²) in [5.74, 6) is 0.488. The van der Waals surface area contributed by atoms with Gasteiger partial charge in [-0.2, -0.15) is 0 Å². The van der Waals surface area contributed by atoms with Gasteiger partial charge in [0.2, 0.25) is 0 Å². The number of rotatable bonds is 2. The molecule has 1 rings (SSSR count). The summed E-state index contributed by atoms with van der Waals surface area (Å²) < 4.78 is 0. The molecule has 0 aromatic rings. The van der Waals surface area contributed by atoms with Gasteiger partial charge in [0.25, 0.3) is 0 Å². The molecule has 1 nitrogen and oxygen atoms in total. The Hall–Kier alpha value is -0.300. The molecule has 0 aliphatic heterocycles. The van der Waals surface area contributed by atoms with E-state index in [0.717, 1.165) is 0 Å². The largest absolute Gasteiger partial charge is 0.386 e. The highest BCUT2D eigenvalue weighted by Gasteiger charge is 2.29. The lowest BCUT2D eigenvalue weighted by Gasteiger charge is -2.33. The molecule has 0 unspecified atom stereocenters. The summed E-state index contributed by atoms with van der Waals surface area (Å²) in [5, 5.41) is 10.1. The van der Waals surface area contributed by atoms with E-state index in [1.54, 1.807) is 0 Å². The molecule has 0 amide bonds. The molecule has 70 valence electrons. The van der Waals surface area contributed by atoms with E-state index >= 15 is 0 Å². The van der Waals surface area contributed by atoms with Crippen molar-refractivity contribution in [3.63, 3.8) is 0 Å². The van der Waals surface area contributed by atoms with Crippen LogP contribution in [-0.4, -0.2) is 10.7 Å². The van der Waals surface area contributed by atoms with Crippen molar-refractivity contribution in [1.82, 2.24) is 0 Å².